The molecule has 1 aliphatic carbocycles. The van der Waals surface area contributed by atoms with Gasteiger partial charge in [0.2, 0.25) is 11.8 Å². The van der Waals surface area contributed by atoms with E-state index < -0.39 is 6.04 Å². The van der Waals surface area contributed by atoms with Crippen LogP contribution < -0.4 is 5.73 Å². The summed E-state index contributed by atoms with van der Waals surface area (Å²) in [5.74, 6) is 1.42. The van der Waals surface area contributed by atoms with Gasteiger partial charge in [-0.1, -0.05) is 18.0 Å². The Kier molecular flexibility index (Phi) is 3.98. The number of aromatic nitrogens is 2. The second-order valence-corrected chi connectivity index (χ2v) is 5.49. The van der Waals surface area contributed by atoms with E-state index in [9.17, 15) is 4.79 Å². The van der Waals surface area contributed by atoms with Crippen molar-refractivity contribution in [1.29, 1.82) is 0 Å². The predicted octanol–water partition coefficient (Wildman–Crippen LogP) is 0.413. The summed E-state index contributed by atoms with van der Waals surface area (Å²) >= 11 is 0. The van der Waals surface area contributed by atoms with E-state index in [1.165, 1.54) is 12.8 Å². The minimum Gasteiger partial charge on any atom is -0.378 e. The summed E-state index contributed by atoms with van der Waals surface area (Å²) in [5.41, 5.74) is 5.39. The number of amides is 1. The molecule has 20 heavy (non-hydrogen) atoms. The van der Waals surface area contributed by atoms with E-state index in [1.807, 2.05) is 4.90 Å². The Bertz CT molecular complexity index is 470. The molecule has 1 aromatic rings. The third-order valence-corrected chi connectivity index (χ3v) is 4.11. The lowest BCUT2D eigenvalue weighted by atomic mass is 10.1. The van der Waals surface area contributed by atoms with Crippen molar-refractivity contribution in [3.05, 3.63) is 11.7 Å². The van der Waals surface area contributed by atoms with Crippen LogP contribution >= 0.6 is 0 Å². The molecular weight excluding hydrogens is 260 g/mol. The van der Waals surface area contributed by atoms with Crippen molar-refractivity contribution in [2.75, 3.05) is 19.8 Å². The fraction of sp³-hybridized carbons (Fsp3) is 0.769. The highest BCUT2D eigenvalue weighted by atomic mass is 16.5. The lowest BCUT2D eigenvalue weighted by molar-refractivity contribution is -0.129. The number of morpholine rings is 1. The van der Waals surface area contributed by atoms with Crippen LogP contribution in [0, 0.1) is 0 Å². The van der Waals surface area contributed by atoms with Crippen LogP contribution in [0.5, 0.6) is 0 Å². The molecule has 0 radical (unpaired) electrons. The molecule has 3 rings (SSSR count). The van der Waals surface area contributed by atoms with Crippen LogP contribution in [-0.2, 0) is 16.1 Å². The average molecular weight is 280 g/mol. The zero-order chi connectivity index (χ0) is 13.9. The molecule has 1 aromatic heterocycles. The van der Waals surface area contributed by atoms with Crippen LogP contribution in [0.3, 0.4) is 0 Å². The second kappa shape index (κ2) is 5.88. The van der Waals surface area contributed by atoms with E-state index in [4.69, 9.17) is 15.0 Å². The molecule has 7 heteroatoms. The summed E-state index contributed by atoms with van der Waals surface area (Å²) in [5, 5.41) is 4.07. The highest BCUT2D eigenvalue weighted by Crippen LogP contribution is 2.32. The summed E-state index contributed by atoms with van der Waals surface area (Å²) in [4.78, 5) is 17.8. The fourth-order valence-electron chi connectivity index (χ4n) is 2.95. The van der Waals surface area contributed by atoms with Crippen molar-refractivity contribution >= 4 is 5.91 Å². The molecule has 1 unspecified atom stereocenters. The minimum absolute atomic E-state index is 0.332. The topological polar surface area (TPSA) is 94.5 Å². The molecule has 1 atom stereocenters. The van der Waals surface area contributed by atoms with Gasteiger partial charge < -0.3 is 15.0 Å². The molecule has 110 valence electrons. The molecule has 2 fully saturated rings. The van der Waals surface area contributed by atoms with E-state index in [0.717, 1.165) is 18.7 Å². The maximum Gasteiger partial charge on any atom is 0.240 e. The second-order valence-electron chi connectivity index (χ2n) is 5.49. The molecule has 1 saturated carbocycles. The highest BCUT2D eigenvalue weighted by molar-refractivity contribution is 5.80. The number of nitrogens with two attached hydrogens (primary N) is 1. The smallest absolute Gasteiger partial charge is 0.240 e. The number of hydrogen-bond acceptors (Lipinski definition) is 6. The third kappa shape index (κ3) is 2.83. The Balaban J connectivity index is 1.65. The first-order valence-corrected chi connectivity index (χ1v) is 7.17. The highest BCUT2D eigenvalue weighted by Gasteiger charge is 2.29. The molecule has 2 heterocycles. The quantitative estimate of drug-likeness (QED) is 0.858. The average Bonchev–Trinajstić information content (AvgIpc) is 3.09. The van der Waals surface area contributed by atoms with E-state index >= 15 is 0 Å². The SMILES string of the molecule is NC(=O)C1COCCN1Cc1nc(C2CCCC2)no1. The minimum atomic E-state index is -0.411. The van der Waals surface area contributed by atoms with E-state index in [1.54, 1.807) is 0 Å². The first-order valence-electron chi connectivity index (χ1n) is 7.17. The zero-order valence-corrected chi connectivity index (χ0v) is 11.5. The lowest BCUT2D eigenvalue weighted by Crippen LogP contribution is -2.51. The lowest BCUT2D eigenvalue weighted by Gasteiger charge is -2.32. The van der Waals surface area contributed by atoms with Gasteiger partial charge in [0.1, 0.15) is 6.04 Å². The van der Waals surface area contributed by atoms with Crippen molar-refractivity contribution in [2.24, 2.45) is 5.73 Å². The van der Waals surface area contributed by atoms with Gasteiger partial charge in [-0.2, -0.15) is 4.98 Å². The number of primary amides is 1. The molecule has 1 saturated heterocycles. The molecule has 2 aliphatic rings. The van der Waals surface area contributed by atoms with Gasteiger partial charge in [0, 0.05) is 12.5 Å². The largest absolute Gasteiger partial charge is 0.378 e. The predicted molar refractivity (Wildman–Crippen MR) is 69.7 cm³/mol. The van der Waals surface area contributed by atoms with Crippen LogP contribution in [-0.4, -0.2) is 46.7 Å². The summed E-state index contributed by atoms with van der Waals surface area (Å²) < 4.78 is 10.6. The van der Waals surface area contributed by atoms with E-state index in [2.05, 4.69) is 10.1 Å². The van der Waals surface area contributed by atoms with Gasteiger partial charge in [0.15, 0.2) is 5.82 Å². The first kappa shape index (κ1) is 13.5. The Labute approximate surface area is 117 Å². The monoisotopic (exact) mass is 280 g/mol. The number of hydrogen-bond donors (Lipinski definition) is 1. The molecule has 1 aliphatic heterocycles. The van der Waals surface area contributed by atoms with Gasteiger partial charge >= 0.3 is 0 Å². The third-order valence-electron chi connectivity index (χ3n) is 4.11. The normalized spacial score (nSPS) is 25.1. The maximum absolute atomic E-state index is 11.4. The Morgan fingerprint density at radius 3 is 2.95 bits per heavy atom. The number of carbonyl (C=O) groups excluding carboxylic acids is 1. The van der Waals surface area contributed by atoms with Gasteiger partial charge in [0.25, 0.3) is 0 Å². The summed E-state index contributed by atoms with van der Waals surface area (Å²) in [6.45, 7) is 2.03. The van der Waals surface area contributed by atoms with E-state index in [-0.39, 0.29) is 5.91 Å². The van der Waals surface area contributed by atoms with Crippen LogP contribution in [0.25, 0.3) is 0 Å². The molecular formula is C13H20N4O3. The van der Waals surface area contributed by atoms with E-state index in [0.29, 0.717) is 38.1 Å². The van der Waals surface area contributed by atoms with Crippen molar-refractivity contribution in [1.82, 2.24) is 15.0 Å². The van der Waals surface area contributed by atoms with Gasteiger partial charge in [-0.25, -0.2) is 0 Å². The Morgan fingerprint density at radius 1 is 1.40 bits per heavy atom. The molecule has 0 spiro atoms. The number of carbonyl (C=O) groups is 1. The zero-order valence-electron chi connectivity index (χ0n) is 11.5. The number of nitrogens with zero attached hydrogens (tertiary/aromatic N) is 3. The maximum atomic E-state index is 11.4. The van der Waals surface area contributed by atoms with Crippen LogP contribution in [0.15, 0.2) is 4.52 Å². The van der Waals surface area contributed by atoms with Crippen molar-refractivity contribution in [3.8, 4) is 0 Å². The van der Waals surface area contributed by atoms with Gasteiger partial charge in [-0.15, -0.1) is 0 Å². The molecule has 1 amide bonds. The first-order chi connectivity index (χ1) is 9.74. The van der Waals surface area contributed by atoms with Gasteiger partial charge in [0.05, 0.1) is 19.8 Å². The number of ether oxygens (including phenoxy) is 1. The van der Waals surface area contributed by atoms with Gasteiger partial charge in [-0.3, -0.25) is 9.69 Å². The van der Waals surface area contributed by atoms with Crippen LogP contribution in [0.1, 0.15) is 43.3 Å². The summed E-state index contributed by atoms with van der Waals surface area (Å²) in [6.07, 6.45) is 4.75. The molecule has 0 aromatic carbocycles. The van der Waals surface area contributed by atoms with Crippen molar-refractivity contribution in [3.63, 3.8) is 0 Å². The molecule has 0 bridgehead atoms. The Hall–Kier alpha value is -1.47. The van der Waals surface area contributed by atoms with Crippen LogP contribution in [0.2, 0.25) is 0 Å². The fourth-order valence-corrected chi connectivity index (χ4v) is 2.95. The Morgan fingerprint density at radius 2 is 2.20 bits per heavy atom. The summed E-state index contributed by atoms with van der Waals surface area (Å²) in [7, 11) is 0. The van der Waals surface area contributed by atoms with Crippen molar-refractivity contribution in [2.45, 2.75) is 44.2 Å². The van der Waals surface area contributed by atoms with Crippen LogP contribution in [0.4, 0.5) is 0 Å². The van der Waals surface area contributed by atoms with Gasteiger partial charge in [-0.05, 0) is 12.8 Å². The summed E-state index contributed by atoms with van der Waals surface area (Å²) in [6, 6.07) is -0.411. The standard InChI is InChI=1S/C13H20N4O3/c14-12(18)10-8-19-6-5-17(10)7-11-15-13(16-20-11)9-3-1-2-4-9/h9-10H,1-8H2,(H2,14,18). The number of rotatable bonds is 4. The van der Waals surface area contributed by atoms with Crippen molar-refractivity contribution < 1.29 is 14.1 Å². The molecule has 7 nitrogen and oxygen atoms in total. The molecule has 2 N–H and O–H groups in total.